The first kappa shape index (κ1) is 11.2. The van der Waals surface area contributed by atoms with Crippen molar-refractivity contribution in [3.8, 4) is 0 Å². The molecule has 0 aliphatic carbocycles. The van der Waals surface area contributed by atoms with Crippen molar-refractivity contribution in [3.63, 3.8) is 0 Å². The number of hydrogen-bond acceptors (Lipinski definition) is 5. The SMILES string of the molecule is CC(O)c1cccnc1N1CCn2cnnc2C1. The van der Waals surface area contributed by atoms with Gasteiger partial charge in [0.2, 0.25) is 0 Å². The highest BCUT2D eigenvalue weighted by Gasteiger charge is 2.21. The summed E-state index contributed by atoms with van der Waals surface area (Å²) >= 11 is 0. The Labute approximate surface area is 105 Å². The first-order chi connectivity index (χ1) is 8.75. The zero-order chi connectivity index (χ0) is 12.5. The number of nitrogens with zero attached hydrogens (tertiary/aromatic N) is 5. The maximum absolute atomic E-state index is 9.79. The fourth-order valence-corrected chi connectivity index (χ4v) is 2.25. The molecule has 1 aliphatic heterocycles. The Morgan fingerprint density at radius 1 is 1.39 bits per heavy atom. The molecule has 94 valence electrons. The fourth-order valence-electron chi connectivity index (χ4n) is 2.25. The summed E-state index contributed by atoms with van der Waals surface area (Å²) in [7, 11) is 0. The summed E-state index contributed by atoms with van der Waals surface area (Å²) in [6, 6.07) is 3.75. The second-order valence-electron chi connectivity index (χ2n) is 4.45. The summed E-state index contributed by atoms with van der Waals surface area (Å²) < 4.78 is 2.04. The highest BCUT2D eigenvalue weighted by molar-refractivity contribution is 5.48. The highest BCUT2D eigenvalue weighted by atomic mass is 16.3. The number of anilines is 1. The van der Waals surface area contributed by atoms with Crippen LogP contribution in [0, 0.1) is 0 Å². The third-order valence-corrected chi connectivity index (χ3v) is 3.21. The first-order valence-corrected chi connectivity index (χ1v) is 6.00. The minimum absolute atomic E-state index is 0.520. The first-order valence-electron chi connectivity index (χ1n) is 6.00. The lowest BCUT2D eigenvalue weighted by molar-refractivity contribution is 0.199. The van der Waals surface area contributed by atoms with E-state index in [1.165, 1.54) is 0 Å². The van der Waals surface area contributed by atoms with Gasteiger partial charge in [0.15, 0.2) is 5.82 Å². The third kappa shape index (κ3) is 1.84. The molecular weight excluding hydrogens is 230 g/mol. The van der Waals surface area contributed by atoms with Crippen molar-refractivity contribution in [2.45, 2.75) is 26.1 Å². The van der Waals surface area contributed by atoms with E-state index in [0.717, 1.165) is 30.3 Å². The molecule has 1 N–H and O–H groups in total. The average Bonchev–Trinajstić information content (AvgIpc) is 2.85. The molecule has 3 heterocycles. The summed E-state index contributed by atoms with van der Waals surface area (Å²) in [6.45, 7) is 4.13. The van der Waals surface area contributed by atoms with Crippen molar-refractivity contribution in [2.24, 2.45) is 0 Å². The van der Waals surface area contributed by atoms with Gasteiger partial charge >= 0.3 is 0 Å². The van der Waals surface area contributed by atoms with Crippen LogP contribution >= 0.6 is 0 Å². The van der Waals surface area contributed by atoms with E-state index in [2.05, 4.69) is 20.1 Å². The van der Waals surface area contributed by atoms with E-state index in [1.807, 2.05) is 16.7 Å². The second kappa shape index (κ2) is 4.38. The molecular formula is C12H15N5O. The van der Waals surface area contributed by atoms with Crippen molar-refractivity contribution in [3.05, 3.63) is 36.0 Å². The van der Waals surface area contributed by atoms with Crippen LogP contribution in [-0.4, -0.2) is 31.4 Å². The van der Waals surface area contributed by atoms with Crippen LogP contribution < -0.4 is 4.90 Å². The van der Waals surface area contributed by atoms with E-state index in [1.54, 1.807) is 19.4 Å². The molecule has 0 saturated carbocycles. The van der Waals surface area contributed by atoms with Gasteiger partial charge in [-0.3, -0.25) is 0 Å². The van der Waals surface area contributed by atoms with Gasteiger partial charge in [0.05, 0.1) is 12.6 Å². The lowest BCUT2D eigenvalue weighted by Gasteiger charge is -2.30. The van der Waals surface area contributed by atoms with Crippen LogP contribution in [0.15, 0.2) is 24.7 Å². The van der Waals surface area contributed by atoms with Gasteiger partial charge in [-0.1, -0.05) is 6.07 Å². The number of rotatable bonds is 2. The molecule has 1 atom stereocenters. The van der Waals surface area contributed by atoms with Crippen LogP contribution in [0.25, 0.3) is 0 Å². The van der Waals surface area contributed by atoms with E-state index >= 15 is 0 Å². The Kier molecular flexibility index (Phi) is 2.71. The predicted octanol–water partition coefficient (Wildman–Crippen LogP) is 0.747. The van der Waals surface area contributed by atoms with Crippen LogP contribution in [0.5, 0.6) is 0 Å². The molecule has 1 unspecified atom stereocenters. The van der Waals surface area contributed by atoms with Gasteiger partial charge in [0.25, 0.3) is 0 Å². The predicted molar refractivity (Wildman–Crippen MR) is 65.9 cm³/mol. The van der Waals surface area contributed by atoms with Gasteiger partial charge in [-0.15, -0.1) is 10.2 Å². The highest BCUT2D eigenvalue weighted by Crippen LogP contribution is 2.26. The molecule has 0 fully saturated rings. The topological polar surface area (TPSA) is 67.1 Å². The molecule has 0 radical (unpaired) electrons. The number of fused-ring (bicyclic) bond motifs is 1. The largest absolute Gasteiger partial charge is 0.389 e. The second-order valence-corrected chi connectivity index (χ2v) is 4.45. The smallest absolute Gasteiger partial charge is 0.152 e. The maximum atomic E-state index is 9.79. The van der Waals surface area contributed by atoms with Crippen LogP contribution in [0.3, 0.4) is 0 Å². The molecule has 0 aromatic carbocycles. The third-order valence-electron chi connectivity index (χ3n) is 3.21. The number of aliphatic hydroxyl groups is 1. The Bertz CT molecular complexity index is 551. The molecule has 0 amide bonds. The summed E-state index contributed by atoms with van der Waals surface area (Å²) in [5.74, 6) is 1.77. The molecule has 0 bridgehead atoms. The van der Waals surface area contributed by atoms with Crippen molar-refractivity contribution in [1.82, 2.24) is 19.7 Å². The fraction of sp³-hybridized carbons (Fsp3) is 0.417. The van der Waals surface area contributed by atoms with Crippen LogP contribution in [0.1, 0.15) is 24.4 Å². The van der Waals surface area contributed by atoms with Gasteiger partial charge in [-0.25, -0.2) is 4.98 Å². The van der Waals surface area contributed by atoms with Gasteiger partial charge < -0.3 is 14.6 Å². The molecule has 1 aliphatic rings. The Morgan fingerprint density at radius 2 is 2.28 bits per heavy atom. The van der Waals surface area contributed by atoms with E-state index in [-0.39, 0.29) is 0 Å². The minimum Gasteiger partial charge on any atom is -0.389 e. The molecule has 0 spiro atoms. The van der Waals surface area contributed by atoms with E-state index in [0.29, 0.717) is 6.54 Å². The zero-order valence-electron chi connectivity index (χ0n) is 10.2. The normalized spacial score (nSPS) is 16.4. The van der Waals surface area contributed by atoms with E-state index in [4.69, 9.17) is 0 Å². The molecule has 2 aromatic rings. The van der Waals surface area contributed by atoms with E-state index < -0.39 is 6.10 Å². The molecule has 6 heteroatoms. The monoisotopic (exact) mass is 245 g/mol. The number of hydrogen-bond donors (Lipinski definition) is 1. The molecule has 18 heavy (non-hydrogen) atoms. The van der Waals surface area contributed by atoms with Gasteiger partial charge in [-0.05, 0) is 13.0 Å². The summed E-state index contributed by atoms with van der Waals surface area (Å²) in [4.78, 5) is 6.52. The quantitative estimate of drug-likeness (QED) is 0.845. The van der Waals surface area contributed by atoms with E-state index in [9.17, 15) is 5.11 Å². The average molecular weight is 245 g/mol. The Hall–Kier alpha value is -1.95. The Morgan fingerprint density at radius 3 is 3.11 bits per heavy atom. The molecule has 6 nitrogen and oxygen atoms in total. The lowest BCUT2D eigenvalue weighted by Crippen LogP contribution is -2.35. The lowest BCUT2D eigenvalue weighted by atomic mass is 10.1. The van der Waals surface area contributed by atoms with Crippen LogP contribution in [0.4, 0.5) is 5.82 Å². The van der Waals surface area contributed by atoms with Crippen molar-refractivity contribution in [1.29, 1.82) is 0 Å². The van der Waals surface area contributed by atoms with Crippen molar-refractivity contribution < 1.29 is 5.11 Å². The Balaban J connectivity index is 1.93. The van der Waals surface area contributed by atoms with Crippen molar-refractivity contribution in [2.75, 3.05) is 11.4 Å². The van der Waals surface area contributed by atoms with Gasteiger partial charge in [-0.2, -0.15) is 0 Å². The zero-order valence-corrected chi connectivity index (χ0v) is 10.2. The maximum Gasteiger partial charge on any atom is 0.152 e. The summed E-state index contributed by atoms with van der Waals surface area (Å²) in [6.07, 6.45) is 2.98. The van der Waals surface area contributed by atoms with Gasteiger partial charge in [0.1, 0.15) is 12.1 Å². The van der Waals surface area contributed by atoms with Crippen LogP contribution in [0.2, 0.25) is 0 Å². The number of pyridine rings is 1. The molecule has 3 rings (SSSR count). The van der Waals surface area contributed by atoms with Gasteiger partial charge in [0, 0.05) is 24.8 Å². The standard InChI is InChI=1S/C12H15N5O/c1-9(18)10-3-2-4-13-12(10)16-5-6-17-8-14-15-11(17)7-16/h2-4,8-9,18H,5-7H2,1H3. The summed E-state index contributed by atoms with van der Waals surface area (Å²) in [5.41, 5.74) is 0.852. The minimum atomic E-state index is -0.520. The van der Waals surface area contributed by atoms with Crippen molar-refractivity contribution >= 4 is 5.82 Å². The molecule has 2 aromatic heterocycles. The number of aromatic nitrogens is 4. The summed E-state index contributed by atoms with van der Waals surface area (Å²) in [5, 5.41) is 17.8. The number of aliphatic hydroxyl groups excluding tert-OH is 1. The molecule has 0 saturated heterocycles. The van der Waals surface area contributed by atoms with Crippen LogP contribution in [-0.2, 0) is 13.1 Å².